The summed E-state index contributed by atoms with van der Waals surface area (Å²) in [4.78, 5) is 4.41. The highest BCUT2D eigenvalue weighted by atomic mass is 16.5. The number of aryl methyl sites for hydroxylation is 1. The van der Waals surface area contributed by atoms with E-state index in [4.69, 9.17) is 10.5 Å². The summed E-state index contributed by atoms with van der Waals surface area (Å²) in [7, 11) is 0. The lowest BCUT2D eigenvalue weighted by atomic mass is 10.1. The molecular weight excluding hydrogens is 200 g/mol. The molecule has 0 radical (unpaired) electrons. The van der Waals surface area contributed by atoms with E-state index in [0.29, 0.717) is 6.54 Å². The third-order valence-electron chi connectivity index (χ3n) is 2.87. The van der Waals surface area contributed by atoms with Crippen molar-refractivity contribution in [2.24, 2.45) is 10.7 Å². The van der Waals surface area contributed by atoms with Gasteiger partial charge in [0.05, 0.1) is 6.54 Å². The molecule has 3 heteroatoms. The van der Waals surface area contributed by atoms with Gasteiger partial charge in [0.2, 0.25) is 0 Å². The summed E-state index contributed by atoms with van der Waals surface area (Å²) in [5, 5.41) is 0. The SMILES string of the molecule is Cc1ccccc1CC1=NCC(CCN)O1. The molecule has 1 aromatic rings. The Morgan fingerprint density at radius 2 is 2.25 bits per heavy atom. The van der Waals surface area contributed by atoms with Gasteiger partial charge in [-0.1, -0.05) is 24.3 Å². The van der Waals surface area contributed by atoms with Crippen molar-refractivity contribution < 1.29 is 4.74 Å². The van der Waals surface area contributed by atoms with Gasteiger partial charge in [0.25, 0.3) is 0 Å². The quantitative estimate of drug-likeness (QED) is 0.836. The Kier molecular flexibility index (Phi) is 3.57. The molecule has 1 aromatic carbocycles. The first kappa shape index (κ1) is 11.1. The Hall–Kier alpha value is -1.35. The van der Waals surface area contributed by atoms with E-state index in [0.717, 1.165) is 25.3 Å². The molecule has 0 fully saturated rings. The van der Waals surface area contributed by atoms with Crippen LogP contribution >= 0.6 is 0 Å². The van der Waals surface area contributed by atoms with Crippen molar-refractivity contribution in [2.45, 2.75) is 25.9 Å². The van der Waals surface area contributed by atoms with E-state index in [9.17, 15) is 0 Å². The monoisotopic (exact) mass is 218 g/mol. The average molecular weight is 218 g/mol. The molecular formula is C13H18N2O. The normalized spacial score (nSPS) is 19.4. The Balaban J connectivity index is 1.95. The molecule has 1 aliphatic heterocycles. The van der Waals surface area contributed by atoms with Crippen LogP contribution in [-0.4, -0.2) is 25.1 Å². The molecule has 2 N–H and O–H groups in total. The number of rotatable bonds is 4. The molecule has 16 heavy (non-hydrogen) atoms. The molecule has 0 spiro atoms. The van der Waals surface area contributed by atoms with Gasteiger partial charge in [-0.3, -0.25) is 4.99 Å². The second kappa shape index (κ2) is 5.12. The number of nitrogens with two attached hydrogens (primary N) is 1. The van der Waals surface area contributed by atoms with Crippen molar-refractivity contribution in [3.05, 3.63) is 35.4 Å². The molecule has 1 heterocycles. The summed E-state index contributed by atoms with van der Waals surface area (Å²) in [5.74, 6) is 0.854. The van der Waals surface area contributed by atoms with Crippen LogP contribution < -0.4 is 5.73 Å². The smallest absolute Gasteiger partial charge is 0.188 e. The Labute approximate surface area is 96.3 Å². The number of hydrogen-bond donors (Lipinski definition) is 1. The minimum atomic E-state index is 0.198. The predicted molar refractivity (Wildman–Crippen MR) is 65.7 cm³/mol. The van der Waals surface area contributed by atoms with Crippen LogP contribution in [0.25, 0.3) is 0 Å². The van der Waals surface area contributed by atoms with Crippen molar-refractivity contribution in [2.75, 3.05) is 13.1 Å². The van der Waals surface area contributed by atoms with E-state index < -0.39 is 0 Å². The molecule has 3 nitrogen and oxygen atoms in total. The Morgan fingerprint density at radius 3 is 3.00 bits per heavy atom. The minimum absolute atomic E-state index is 0.198. The second-order valence-corrected chi connectivity index (χ2v) is 4.15. The average Bonchev–Trinajstić information content (AvgIpc) is 2.70. The van der Waals surface area contributed by atoms with Crippen LogP contribution in [0.4, 0.5) is 0 Å². The summed E-state index contributed by atoms with van der Waals surface area (Å²) < 4.78 is 5.73. The van der Waals surface area contributed by atoms with Gasteiger partial charge in [-0.25, -0.2) is 0 Å². The van der Waals surface area contributed by atoms with Gasteiger partial charge in [-0.2, -0.15) is 0 Å². The first-order valence-corrected chi connectivity index (χ1v) is 5.74. The van der Waals surface area contributed by atoms with Gasteiger partial charge < -0.3 is 10.5 Å². The van der Waals surface area contributed by atoms with E-state index in [1.165, 1.54) is 11.1 Å². The zero-order valence-electron chi connectivity index (χ0n) is 9.65. The summed E-state index contributed by atoms with van der Waals surface area (Å²) in [6.45, 7) is 3.54. The summed E-state index contributed by atoms with van der Waals surface area (Å²) in [6.07, 6.45) is 1.89. The first-order chi connectivity index (χ1) is 7.79. The maximum Gasteiger partial charge on any atom is 0.188 e. The van der Waals surface area contributed by atoms with Crippen molar-refractivity contribution in [3.8, 4) is 0 Å². The molecule has 1 aliphatic rings. The molecule has 0 saturated heterocycles. The van der Waals surface area contributed by atoms with Gasteiger partial charge >= 0.3 is 0 Å². The van der Waals surface area contributed by atoms with Crippen molar-refractivity contribution >= 4 is 5.90 Å². The zero-order chi connectivity index (χ0) is 11.4. The number of ether oxygens (including phenoxy) is 1. The molecule has 0 saturated carbocycles. The van der Waals surface area contributed by atoms with Crippen LogP contribution in [0.15, 0.2) is 29.3 Å². The van der Waals surface area contributed by atoms with E-state index in [1.807, 2.05) is 6.07 Å². The number of nitrogens with zero attached hydrogens (tertiary/aromatic N) is 1. The molecule has 86 valence electrons. The van der Waals surface area contributed by atoms with Gasteiger partial charge in [0.15, 0.2) is 5.90 Å². The fourth-order valence-electron chi connectivity index (χ4n) is 1.88. The topological polar surface area (TPSA) is 47.6 Å². The molecule has 1 unspecified atom stereocenters. The van der Waals surface area contributed by atoms with E-state index in [2.05, 4.69) is 30.1 Å². The number of hydrogen-bond acceptors (Lipinski definition) is 3. The third kappa shape index (κ3) is 2.61. The van der Waals surface area contributed by atoms with Crippen LogP contribution in [-0.2, 0) is 11.2 Å². The largest absolute Gasteiger partial charge is 0.475 e. The summed E-state index contributed by atoms with van der Waals surface area (Å²) in [6, 6.07) is 8.34. The van der Waals surface area contributed by atoms with Crippen LogP contribution in [0.5, 0.6) is 0 Å². The zero-order valence-corrected chi connectivity index (χ0v) is 9.65. The maximum atomic E-state index is 5.73. The predicted octanol–water partition coefficient (Wildman–Crippen LogP) is 1.68. The fraction of sp³-hybridized carbons (Fsp3) is 0.462. The highest BCUT2D eigenvalue weighted by Gasteiger charge is 2.19. The van der Waals surface area contributed by atoms with Crippen LogP contribution in [0, 0.1) is 6.92 Å². The van der Waals surface area contributed by atoms with Crippen LogP contribution in [0.1, 0.15) is 17.5 Å². The van der Waals surface area contributed by atoms with Gasteiger partial charge in [-0.05, 0) is 31.0 Å². The van der Waals surface area contributed by atoms with Crippen molar-refractivity contribution in [1.29, 1.82) is 0 Å². The molecule has 2 rings (SSSR count). The highest BCUT2D eigenvalue weighted by molar-refractivity contribution is 5.80. The number of aliphatic imine (C=N–C) groups is 1. The molecule has 0 aliphatic carbocycles. The Morgan fingerprint density at radius 1 is 1.44 bits per heavy atom. The van der Waals surface area contributed by atoms with E-state index in [1.54, 1.807) is 0 Å². The highest BCUT2D eigenvalue weighted by Crippen LogP contribution is 2.14. The van der Waals surface area contributed by atoms with Gasteiger partial charge in [0, 0.05) is 6.42 Å². The van der Waals surface area contributed by atoms with E-state index >= 15 is 0 Å². The number of benzene rings is 1. The van der Waals surface area contributed by atoms with Crippen LogP contribution in [0.3, 0.4) is 0 Å². The standard InChI is InChI=1S/C13H18N2O/c1-10-4-2-3-5-11(10)8-13-15-9-12(16-13)6-7-14/h2-5,12H,6-9,14H2,1H3. The molecule has 0 amide bonds. The fourth-order valence-corrected chi connectivity index (χ4v) is 1.88. The van der Waals surface area contributed by atoms with Crippen molar-refractivity contribution in [1.82, 2.24) is 0 Å². The van der Waals surface area contributed by atoms with E-state index in [-0.39, 0.29) is 6.10 Å². The third-order valence-corrected chi connectivity index (χ3v) is 2.87. The summed E-state index contributed by atoms with van der Waals surface area (Å²) in [5.41, 5.74) is 8.07. The lowest BCUT2D eigenvalue weighted by Crippen LogP contribution is -2.18. The van der Waals surface area contributed by atoms with Gasteiger partial charge in [-0.15, -0.1) is 0 Å². The second-order valence-electron chi connectivity index (χ2n) is 4.15. The summed E-state index contributed by atoms with van der Waals surface area (Å²) >= 11 is 0. The molecule has 0 bridgehead atoms. The van der Waals surface area contributed by atoms with Crippen molar-refractivity contribution in [3.63, 3.8) is 0 Å². The van der Waals surface area contributed by atoms with Crippen LogP contribution in [0.2, 0.25) is 0 Å². The lowest BCUT2D eigenvalue weighted by Gasteiger charge is -2.10. The minimum Gasteiger partial charge on any atom is -0.475 e. The maximum absolute atomic E-state index is 5.73. The molecule has 1 atom stereocenters. The van der Waals surface area contributed by atoms with Gasteiger partial charge in [0.1, 0.15) is 6.10 Å². The molecule has 0 aromatic heterocycles. The first-order valence-electron chi connectivity index (χ1n) is 5.74. The lowest BCUT2D eigenvalue weighted by molar-refractivity contribution is 0.212. The Bertz CT molecular complexity index is 387.